The van der Waals surface area contributed by atoms with Crippen LogP contribution in [0.3, 0.4) is 0 Å². The Hall–Kier alpha value is -3.05. The molecular weight excluding hydrogens is 416 g/mol. The molecule has 0 radical (unpaired) electrons. The van der Waals surface area contributed by atoms with Gasteiger partial charge in [-0.05, 0) is 11.6 Å². The number of fused-ring (bicyclic) bond motifs is 1. The van der Waals surface area contributed by atoms with Gasteiger partial charge < -0.3 is 15.2 Å². The second-order valence-electron chi connectivity index (χ2n) is 6.10. The second-order valence-corrected chi connectivity index (χ2v) is 6.10. The maximum Gasteiger partial charge on any atom is 0.451 e. The summed E-state index contributed by atoms with van der Waals surface area (Å²) >= 11 is 0. The van der Waals surface area contributed by atoms with Crippen molar-refractivity contribution in [1.29, 1.82) is 0 Å². The fraction of sp³-hybridized carbons (Fsp3) is 0.389. The summed E-state index contributed by atoms with van der Waals surface area (Å²) in [5.41, 5.74) is 5.31. The molecule has 0 unspecified atom stereocenters. The first kappa shape index (κ1) is 23.2. The van der Waals surface area contributed by atoms with E-state index in [9.17, 15) is 31.1 Å². The first-order valence-electron chi connectivity index (χ1n) is 8.94. The van der Waals surface area contributed by atoms with Gasteiger partial charge in [0, 0.05) is 37.3 Å². The molecule has 12 heteroatoms. The number of hydrogen-bond donors (Lipinski definition) is 1. The highest BCUT2D eigenvalue weighted by atomic mass is 19.4. The molecule has 2 aromatic rings. The molecule has 2 heterocycles. The standard InChI is InChI=1S/C16H13F6N5O.C2H6/c17-10-6-12(19)11(18)4-8(10)3-9(23)5-14(28)26-1-2-27-13(7-26)24-25-15(27)16(20,21)22;1-2/h4-6H,1-3,7,23H2;1-2H3/b9-5-;. The Kier molecular flexibility index (Phi) is 7.11. The molecule has 1 aromatic carbocycles. The summed E-state index contributed by atoms with van der Waals surface area (Å²) in [7, 11) is 0. The second kappa shape index (κ2) is 9.18. The smallest absolute Gasteiger partial charge is 0.402 e. The number of allylic oxidation sites excluding steroid dienone is 1. The van der Waals surface area contributed by atoms with Gasteiger partial charge in [0.05, 0.1) is 6.54 Å². The van der Waals surface area contributed by atoms with Crippen LogP contribution in [-0.2, 0) is 30.5 Å². The number of aromatic nitrogens is 3. The summed E-state index contributed by atoms with van der Waals surface area (Å²) in [6.45, 7) is 3.58. The van der Waals surface area contributed by atoms with E-state index < -0.39 is 35.4 Å². The maximum atomic E-state index is 13.7. The molecule has 1 aliphatic rings. The Morgan fingerprint density at radius 2 is 1.73 bits per heavy atom. The number of alkyl halides is 3. The van der Waals surface area contributed by atoms with Gasteiger partial charge in [-0.2, -0.15) is 13.2 Å². The predicted molar refractivity (Wildman–Crippen MR) is 94.1 cm³/mol. The van der Waals surface area contributed by atoms with Gasteiger partial charge >= 0.3 is 6.18 Å². The molecule has 6 nitrogen and oxygen atoms in total. The van der Waals surface area contributed by atoms with E-state index >= 15 is 0 Å². The molecule has 3 rings (SSSR count). The van der Waals surface area contributed by atoms with Gasteiger partial charge in [-0.25, -0.2) is 13.2 Å². The third-order valence-electron chi connectivity index (χ3n) is 4.11. The van der Waals surface area contributed by atoms with Crippen LogP contribution in [0.4, 0.5) is 26.3 Å². The number of benzene rings is 1. The van der Waals surface area contributed by atoms with E-state index in [0.29, 0.717) is 12.1 Å². The highest BCUT2D eigenvalue weighted by molar-refractivity contribution is 5.88. The molecule has 0 saturated carbocycles. The number of amides is 1. The van der Waals surface area contributed by atoms with Crippen LogP contribution < -0.4 is 5.73 Å². The van der Waals surface area contributed by atoms with E-state index in [0.717, 1.165) is 10.6 Å². The van der Waals surface area contributed by atoms with E-state index in [-0.39, 0.29) is 43.1 Å². The van der Waals surface area contributed by atoms with E-state index in [1.54, 1.807) is 0 Å². The van der Waals surface area contributed by atoms with Crippen LogP contribution in [0.2, 0.25) is 0 Å². The first-order chi connectivity index (χ1) is 14.1. The van der Waals surface area contributed by atoms with Crippen LogP contribution >= 0.6 is 0 Å². The summed E-state index contributed by atoms with van der Waals surface area (Å²) in [6.07, 6.45) is -4.05. The number of carbonyl (C=O) groups excluding carboxylic acids is 1. The molecule has 0 spiro atoms. The maximum absolute atomic E-state index is 13.7. The van der Waals surface area contributed by atoms with Crippen molar-refractivity contribution in [2.45, 2.75) is 39.5 Å². The minimum Gasteiger partial charge on any atom is -0.402 e. The average molecular weight is 435 g/mol. The van der Waals surface area contributed by atoms with E-state index in [1.807, 2.05) is 13.8 Å². The molecule has 0 fully saturated rings. The van der Waals surface area contributed by atoms with Crippen molar-refractivity contribution in [3.05, 3.63) is 58.6 Å². The normalized spacial score (nSPS) is 14.1. The highest BCUT2D eigenvalue weighted by Gasteiger charge is 2.39. The first-order valence-corrected chi connectivity index (χ1v) is 8.94. The van der Waals surface area contributed by atoms with Crippen LogP contribution in [-0.4, -0.2) is 32.1 Å². The third-order valence-corrected chi connectivity index (χ3v) is 4.11. The van der Waals surface area contributed by atoms with Gasteiger partial charge in [-0.1, -0.05) is 13.8 Å². The zero-order chi connectivity index (χ0) is 22.6. The van der Waals surface area contributed by atoms with Gasteiger partial charge in [0.15, 0.2) is 17.5 Å². The lowest BCUT2D eigenvalue weighted by Gasteiger charge is -2.27. The molecule has 30 heavy (non-hydrogen) atoms. The van der Waals surface area contributed by atoms with E-state index in [4.69, 9.17) is 5.73 Å². The number of rotatable bonds is 3. The fourth-order valence-electron chi connectivity index (χ4n) is 2.78. The minimum absolute atomic E-state index is 0.0365. The Morgan fingerprint density at radius 1 is 1.10 bits per heavy atom. The highest BCUT2D eigenvalue weighted by Crippen LogP contribution is 2.29. The van der Waals surface area contributed by atoms with Crippen molar-refractivity contribution in [3.63, 3.8) is 0 Å². The van der Waals surface area contributed by atoms with Gasteiger partial charge in [0.1, 0.15) is 5.82 Å². The fourth-order valence-corrected chi connectivity index (χ4v) is 2.78. The van der Waals surface area contributed by atoms with Crippen molar-refractivity contribution in [2.24, 2.45) is 5.73 Å². The third kappa shape index (κ3) is 5.10. The van der Waals surface area contributed by atoms with Crippen LogP contribution in [0.1, 0.15) is 31.1 Å². The zero-order valence-electron chi connectivity index (χ0n) is 16.1. The van der Waals surface area contributed by atoms with Crippen molar-refractivity contribution < 1.29 is 31.1 Å². The van der Waals surface area contributed by atoms with Gasteiger partial charge in [0.2, 0.25) is 11.7 Å². The molecule has 1 amide bonds. The Labute approximate surface area is 168 Å². The van der Waals surface area contributed by atoms with Crippen LogP contribution in [0.15, 0.2) is 23.9 Å². The van der Waals surface area contributed by atoms with Gasteiger partial charge in [-0.3, -0.25) is 4.79 Å². The summed E-state index contributed by atoms with van der Waals surface area (Å²) in [4.78, 5) is 13.5. The van der Waals surface area contributed by atoms with E-state index in [1.165, 1.54) is 4.90 Å². The topological polar surface area (TPSA) is 77.0 Å². The number of halogens is 6. The van der Waals surface area contributed by atoms with Crippen LogP contribution in [0.25, 0.3) is 0 Å². The number of nitrogens with zero attached hydrogens (tertiary/aromatic N) is 4. The molecule has 0 saturated heterocycles. The van der Waals surface area contributed by atoms with Gasteiger partial charge in [0.25, 0.3) is 0 Å². The van der Waals surface area contributed by atoms with Crippen molar-refractivity contribution in [3.8, 4) is 0 Å². The molecule has 164 valence electrons. The molecule has 0 bridgehead atoms. The lowest BCUT2D eigenvalue weighted by atomic mass is 10.1. The van der Waals surface area contributed by atoms with Crippen LogP contribution in [0, 0.1) is 17.5 Å². The lowest BCUT2D eigenvalue weighted by molar-refractivity contribution is -0.148. The predicted octanol–water partition coefficient (Wildman–Crippen LogP) is 3.17. The SMILES string of the molecule is CC.N/C(=C\C(=O)N1CCn2c(nnc2C(F)(F)F)C1)Cc1cc(F)c(F)cc1F. The van der Waals surface area contributed by atoms with Crippen LogP contribution in [0.5, 0.6) is 0 Å². The lowest BCUT2D eigenvalue weighted by Crippen LogP contribution is -2.38. The largest absolute Gasteiger partial charge is 0.451 e. The Bertz CT molecular complexity index is 953. The summed E-state index contributed by atoms with van der Waals surface area (Å²) in [6, 6.07) is 1.01. The van der Waals surface area contributed by atoms with Crippen molar-refractivity contribution in [2.75, 3.05) is 6.54 Å². The van der Waals surface area contributed by atoms with E-state index in [2.05, 4.69) is 10.2 Å². The number of nitrogens with two attached hydrogens (primary N) is 1. The summed E-state index contributed by atoms with van der Waals surface area (Å²) in [5.74, 6) is -5.44. The van der Waals surface area contributed by atoms with Gasteiger partial charge in [-0.15, -0.1) is 10.2 Å². The zero-order valence-corrected chi connectivity index (χ0v) is 16.1. The number of hydrogen-bond acceptors (Lipinski definition) is 4. The molecular formula is C18H19F6N5O. The number of carbonyl (C=O) groups is 1. The molecule has 1 aromatic heterocycles. The Balaban J connectivity index is 0.00000155. The Morgan fingerprint density at radius 3 is 2.37 bits per heavy atom. The average Bonchev–Trinajstić information content (AvgIpc) is 3.11. The summed E-state index contributed by atoms with van der Waals surface area (Å²) in [5, 5.41) is 6.56. The van der Waals surface area contributed by atoms with Crippen molar-refractivity contribution in [1.82, 2.24) is 19.7 Å². The monoisotopic (exact) mass is 435 g/mol. The minimum atomic E-state index is -4.66. The molecule has 2 N–H and O–H groups in total. The molecule has 0 aliphatic carbocycles. The van der Waals surface area contributed by atoms with Crippen molar-refractivity contribution >= 4 is 5.91 Å². The quantitative estimate of drug-likeness (QED) is 0.457. The summed E-state index contributed by atoms with van der Waals surface area (Å²) < 4.78 is 79.2. The molecule has 1 aliphatic heterocycles. The molecule has 0 atom stereocenters.